The number of nitrogens with zero attached hydrogens (tertiary/aromatic N) is 1. The van der Waals surface area contributed by atoms with Crippen molar-refractivity contribution >= 4 is 22.9 Å². The van der Waals surface area contributed by atoms with E-state index in [1.165, 1.54) is 12.5 Å². The second kappa shape index (κ2) is 6.41. The number of hydrogen-bond acceptors (Lipinski definition) is 4. The smallest absolute Gasteiger partial charge is 0.378 e. The molecule has 1 aromatic carbocycles. The van der Waals surface area contributed by atoms with Crippen LogP contribution in [0.1, 0.15) is 21.1 Å². The average molecular weight is 334 g/mol. The van der Waals surface area contributed by atoms with Gasteiger partial charge in [-0.15, -0.1) is 11.3 Å². The van der Waals surface area contributed by atoms with E-state index in [0.29, 0.717) is 23.2 Å². The van der Waals surface area contributed by atoms with Crippen LogP contribution in [0.3, 0.4) is 0 Å². The van der Waals surface area contributed by atoms with Crippen LogP contribution in [-0.4, -0.2) is 18.0 Å². The summed E-state index contributed by atoms with van der Waals surface area (Å²) in [5.41, 5.74) is -1.63. The second-order valence-electron chi connectivity index (χ2n) is 4.21. The number of halogens is 4. The Bertz CT molecular complexity index is 685. The van der Waals surface area contributed by atoms with Gasteiger partial charge in [0.2, 0.25) is 0 Å². The summed E-state index contributed by atoms with van der Waals surface area (Å²) in [6.45, 7) is 0.204. The molecule has 0 atom stereocenters. The number of nitrogens with one attached hydrogen (secondary N) is 1. The lowest BCUT2D eigenvalue weighted by molar-refractivity contribution is -0.137. The summed E-state index contributed by atoms with van der Waals surface area (Å²) in [6.07, 6.45) is -4.63. The van der Waals surface area contributed by atoms with Crippen LogP contribution in [0.25, 0.3) is 0 Å². The van der Waals surface area contributed by atoms with Gasteiger partial charge in [0.1, 0.15) is 16.5 Å². The average Bonchev–Trinajstić information content (AvgIpc) is 2.89. The minimum absolute atomic E-state index is 0.0196. The number of amides is 1. The SMILES string of the molecule is COCc1nc(C(=O)Nc2cc(C(F)(F)F)ccc2F)cs1. The maximum absolute atomic E-state index is 13.5. The van der Waals surface area contributed by atoms with Gasteiger partial charge < -0.3 is 10.1 Å². The van der Waals surface area contributed by atoms with Gasteiger partial charge in [-0.05, 0) is 18.2 Å². The van der Waals surface area contributed by atoms with Crippen LogP contribution in [0.15, 0.2) is 23.6 Å². The Morgan fingerprint density at radius 2 is 2.14 bits per heavy atom. The van der Waals surface area contributed by atoms with Crippen LogP contribution in [0.5, 0.6) is 0 Å². The van der Waals surface area contributed by atoms with Crippen molar-refractivity contribution in [3.8, 4) is 0 Å². The molecular formula is C13H10F4N2O2S. The molecule has 1 N–H and O–H groups in total. The van der Waals surface area contributed by atoms with Gasteiger partial charge in [-0.3, -0.25) is 4.79 Å². The number of hydrogen-bond donors (Lipinski definition) is 1. The molecule has 0 saturated heterocycles. The van der Waals surface area contributed by atoms with Crippen LogP contribution in [0.2, 0.25) is 0 Å². The van der Waals surface area contributed by atoms with Crippen LogP contribution in [0, 0.1) is 5.82 Å². The van der Waals surface area contributed by atoms with Crippen LogP contribution < -0.4 is 5.32 Å². The molecule has 4 nitrogen and oxygen atoms in total. The van der Waals surface area contributed by atoms with E-state index in [2.05, 4.69) is 10.3 Å². The molecule has 2 aromatic rings. The highest BCUT2D eigenvalue weighted by Gasteiger charge is 2.31. The first-order valence-electron chi connectivity index (χ1n) is 5.92. The van der Waals surface area contributed by atoms with Crippen LogP contribution in [0.4, 0.5) is 23.2 Å². The molecule has 0 aliphatic rings. The molecule has 1 heterocycles. The van der Waals surface area contributed by atoms with Crippen molar-refractivity contribution in [3.63, 3.8) is 0 Å². The quantitative estimate of drug-likeness (QED) is 0.868. The van der Waals surface area contributed by atoms with E-state index in [4.69, 9.17) is 4.74 Å². The lowest BCUT2D eigenvalue weighted by atomic mass is 10.2. The first-order valence-corrected chi connectivity index (χ1v) is 6.80. The molecule has 118 valence electrons. The fourth-order valence-corrected chi connectivity index (χ4v) is 2.33. The molecule has 0 aliphatic heterocycles. The monoisotopic (exact) mass is 334 g/mol. The zero-order valence-electron chi connectivity index (χ0n) is 11.2. The van der Waals surface area contributed by atoms with Crippen molar-refractivity contribution in [1.29, 1.82) is 0 Å². The van der Waals surface area contributed by atoms with Gasteiger partial charge in [0, 0.05) is 12.5 Å². The largest absolute Gasteiger partial charge is 0.416 e. The molecule has 9 heteroatoms. The number of benzene rings is 1. The summed E-state index contributed by atoms with van der Waals surface area (Å²) in [5, 5.41) is 4.02. The molecule has 0 fully saturated rings. The van der Waals surface area contributed by atoms with Gasteiger partial charge in [0.15, 0.2) is 0 Å². The molecule has 1 aromatic heterocycles. The van der Waals surface area contributed by atoms with Crippen molar-refractivity contribution in [1.82, 2.24) is 4.98 Å². The van der Waals surface area contributed by atoms with E-state index < -0.39 is 29.2 Å². The van der Waals surface area contributed by atoms with E-state index >= 15 is 0 Å². The van der Waals surface area contributed by atoms with Gasteiger partial charge >= 0.3 is 6.18 Å². The third-order valence-corrected chi connectivity index (χ3v) is 3.42. The molecule has 0 aliphatic carbocycles. The van der Waals surface area contributed by atoms with Gasteiger partial charge in [0.25, 0.3) is 5.91 Å². The predicted molar refractivity (Wildman–Crippen MR) is 72.2 cm³/mol. The van der Waals surface area contributed by atoms with Crippen molar-refractivity contribution in [2.45, 2.75) is 12.8 Å². The Hall–Kier alpha value is -2.00. The minimum atomic E-state index is -4.63. The van der Waals surface area contributed by atoms with E-state index in [9.17, 15) is 22.4 Å². The minimum Gasteiger partial charge on any atom is -0.378 e. The number of ether oxygens (including phenoxy) is 1. The fourth-order valence-electron chi connectivity index (χ4n) is 1.59. The molecule has 0 saturated carbocycles. The first-order chi connectivity index (χ1) is 10.3. The van der Waals surface area contributed by atoms with E-state index in [1.807, 2.05) is 0 Å². The number of anilines is 1. The highest BCUT2D eigenvalue weighted by atomic mass is 32.1. The van der Waals surface area contributed by atoms with Gasteiger partial charge in [0.05, 0.1) is 17.9 Å². The molecule has 22 heavy (non-hydrogen) atoms. The highest BCUT2D eigenvalue weighted by Crippen LogP contribution is 2.31. The lowest BCUT2D eigenvalue weighted by Gasteiger charge is -2.10. The Balaban J connectivity index is 2.20. The second-order valence-corrected chi connectivity index (χ2v) is 5.15. The Kier molecular flexibility index (Phi) is 4.77. The van der Waals surface area contributed by atoms with Crippen LogP contribution >= 0.6 is 11.3 Å². The summed E-state index contributed by atoms with van der Waals surface area (Å²) in [7, 11) is 1.46. The number of thiazole rings is 1. The zero-order chi connectivity index (χ0) is 16.3. The third kappa shape index (κ3) is 3.80. The fraction of sp³-hybridized carbons (Fsp3) is 0.231. The summed E-state index contributed by atoms with van der Waals surface area (Å²) < 4.78 is 56.1. The number of carbonyl (C=O) groups is 1. The van der Waals surface area contributed by atoms with E-state index in [0.717, 1.165) is 11.3 Å². The van der Waals surface area contributed by atoms with Gasteiger partial charge in [-0.1, -0.05) is 0 Å². The summed E-state index contributed by atoms with van der Waals surface area (Å²) in [6, 6.07) is 1.79. The van der Waals surface area contributed by atoms with Gasteiger partial charge in [-0.2, -0.15) is 13.2 Å². The van der Waals surface area contributed by atoms with Crippen molar-refractivity contribution in [2.24, 2.45) is 0 Å². The number of rotatable bonds is 4. The standard InChI is InChI=1S/C13H10F4N2O2S/c1-21-5-11-18-10(6-22-11)12(20)19-9-4-7(13(15,16)17)2-3-8(9)14/h2-4,6H,5H2,1H3,(H,19,20). The Labute approximate surface area is 126 Å². The molecule has 2 rings (SSSR count). The number of alkyl halides is 3. The predicted octanol–water partition coefficient (Wildman–Crippen LogP) is 3.70. The normalized spacial score (nSPS) is 11.5. The molecule has 0 unspecified atom stereocenters. The lowest BCUT2D eigenvalue weighted by Crippen LogP contribution is -2.15. The highest BCUT2D eigenvalue weighted by molar-refractivity contribution is 7.09. The molecule has 0 radical (unpaired) electrons. The number of aromatic nitrogens is 1. The van der Waals surface area contributed by atoms with Crippen molar-refractivity contribution < 1.29 is 27.1 Å². The third-order valence-electron chi connectivity index (χ3n) is 2.59. The number of methoxy groups -OCH3 is 1. The van der Waals surface area contributed by atoms with Crippen molar-refractivity contribution in [2.75, 3.05) is 12.4 Å². The van der Waals surface area contributed by atoms with Gasteiger partial charge in [-0.25, -0.2) is 9.37 Å². The molecule has 1 amide bonds. The van der Waals surface area contributed by atoms with E-state index in [-0.39, 0.29) is 12.3 Å². The molecular weight excluding hydrogens is 324 g/mol. The molecule has 0 spiro atoms. The Morgan fingerprint density at radius 1 is 1.41 bits per heavy atom. The van der Waals surface area contributed by atoms with Crippen molar-refractivity contribution in [3.05, 3.63) is 45.7 Å². The zero-order valence-corrected chi connectivity index (χ0v) is 12.0. The number of carbonyl (C=O) groups excluding carboxylic acids is 1. The summed E-state index contributed by atoms with van der Waals surface area (Å²) in [4.78, 5) is 15.8. The topological polar surface area (TPSA) is 51.2 Å². The first kappa shape index (κ1) is 16.4. The molecule has 0 bridgehead atoms. The summed E-state index contributed by atoms with van der Waals surface area (Å²) >= 11 is 1.15. The van der Waals surface area contributed by atoms with E-state index in [1.54, 1.807) is 0 Å². The van der Waals surface area contributed by atoms with Crippen LogP contribution in [-0.2, 0) is 17.5 Å². The summed E-state index contributed by atoms with van der Waals surface area (Å²) in [5.74, 6) is -1.76. The Morgan fingerprint density at radius 3 is 2.77 bits per heavy atom. The maximum Gasteiger partial charge on any atom is 0.416 e. The maximum atomic E-state index is 13.5.